The van der Waals surface area contributed by atoms with Crippen LogP contribution in [0.3, 0.4) is 0 Å². The van der Waals surface area contributed by atoms with E-state index < -0.39 is 5.54 Å². The summed E-state index contributed by atoms with van der Waals surface area (Å²) in [5, 5.41) is 16.3. The van der Waals surface area contributed by atoms with Crippen LogP contribution in [0.4, 0.5) is 17.6 Å². The van der Waals surface area contributed by atoms with Crippen molar-refractivity contribution in [3.8, 4) is 0 Å². The van der Waals surface area contributed by atoms with Crippen LogP contribution in [0.1, 0.15) is 49.8 Å². The van der Waals surface area contributed by atoms with Gasteiger partial charge in [0.15, 0.2) is 17.4 Å². The Morgan fingerprint density at radius 3 is 3.00 bits per heavy atom. The average molecular weight is 511 g/mol. The van der Waals surface area contributed by atoms with Crippen LogP contribution in [-0.2, 0) is 11.2 Å². The van der Waals surface area contributed by atoms with Gasteiger partial charge in [0, 0.05) is 43.0 Å². The number of carbonyl (C=O) groups excluding carboxylic acids is 1. The van der Waals surface area contributed by atoms with Crippen LogP contribution in [0.5, 0.6) is 0 Å². The molecule has 35 heavy (non-hydrogen) atoms. The topological polar surface area (TPSA) is 104 Å². The second-order valence-electron chi connectivity index (χ2n) is 9.44. The second-order valence-corrected chi connectivity index (χ2v) is 10.2. The molecule has 0 amide bonds. The number of Topliss-reactive ketones (excluding diaryl/α,β-unsaturated/α-hetero) is 1. The maximum Gasteiger partial charge on any atom is 0.246 e. The van der Waals surface area contributed by atoms with Crippen LogP contribution >= 0.6 is 23.2 Å². The van der Waals surface area contributed by atoms with Gasteiger partial charge in [-0.1, -0.05) is 23.2 Å². The summed E-state index contributed by atoms with van der Waals surface area (Å²) < 4.78 is 1.78. The lowest BCUT2D eigenvalue weighted by molar-refractivity contribution is -0.122. The first-order chi connectivity index (χ1) is 16.9. The SMILES string of the molecule is C[C@@]1(C(=O)Cc2cc(Cl)cnc2Cl)CCCN1c1nc(Nc2cc(C3CC3)[nH]n2)c2cccn2n1. The highest BCUT2D eigenvalue weighted by Gasteiger charge is 2.44. The van der Waals surface area contributed by atoms with E-state index in [-0.39, 0.29) is 17.4 Å². The summed E-state index contributed by atoms with van der Waals surface area (Å²) in [5.41, 5.74) is 1.80. The standard InChI is InChI=1S/C24H24Cl2N8O/c1-24(19(35)11-15-10-16(25)13-27-21(15)26)7-3-8-33(24)23-29-22(18-4-2-9-34(18)32-23)28-20-12-17(30-31-20)14-5-6-14/h2,4,9-10,12-14H,3,5-8,11H2,1H3,(H2,28,29,30,31,32)/t24-/m0/s1. The molecule has 0 aromatic carbocycles. The minimum atomic E-state index is -0.783. The second kappa shape index (κ2) is 8.49. The molecular formula is C24H24Cl2N8O. The number of nitrogens with one attached hydrogen (secondary N) is 2. The van der Waals surface area contributed by atoms with Crippen LogP contribution in [-0.4, -0.2) is 47.6 Å². The molecule has 1 aliphatic carbocycles. The summed E-state index contributed by atoms with van der Waals surface area (Å²) in [6.07, 6.45) is 7.41. The molecule has 6 rings (SSSR count). The quantitative estimate of drug-likeness (QED) is 0.339. The normalized spacial score (nSPS) is 20.0. The lowest BCUT2D eigenvalue weighted by Crippen LogP contribution is -2.49. The molecule has 4 aromatic heterocycles. The number of hydrogen-bond donors (Lipinski definition) is 2. The Balaban J connectivity index is 1.32. The van der Waals surface area contributed by atoms with Crippen LogP contribution in [0.25, 0.3) is 5.52 Å². The average Bonchev–Trinajstić information content (AvgIpc) is 3.20. The summed E-state index contributed by atoms with van der Waals surface area (Å²) in [4.78, 5) is 24.5. The lowest BCUT2D eigenvalue weighted by atomic mass is 9.89. The maximum absolute atomic E-state index is 13.6. The number of carbonyl (C=O) groups is 1. The fourth-order valence-electron chi connectivity index (χ4n) is 4.78. The van der Waals surface area contributed by atoms with Crippen molar-refractivity contribution in [2.45, 2.75) is 50.5 Å². The number of pyridine rings is 1. The number of rotatable bonds is 7. The molecule has 0 spiro atoms. The van der Waals surface area contributed by atoms with E-state index in [0.717, 1.165) is 17.6 Å². The Kier molecular flexibility index (Phi) is 5.41. The third-order valence-electron chi connectivity index (χ3n) is 6.95. The summed E-state index contributed by atoms with van der Waals surface area (Å²) in [7, 11) is 0. The van der Waals surface area contributed by atoms with Crippen LogP contribution in [0, 0.1) is 0 Å². The van der Waals surface area contributed by atoms with Crippen molar-refractivity contribution in [1.29, 1.82) is 0 Å². The zero-order valence-corrected chi connectivity index (χ0v) is 20.6. The van der Waals surface area contributed by atoms with Crippen LogP contribution in [0.2, 0.25) is 10.2 Å². The molecule has 1 aliphatic heterocycles. The first-order valence-electron chi connectivity index (χ1n) is 11.7. The summed E-state index contributed by atoms with van der Waals surface area (Å²) in [5.74, 6) is 2.43. The van der Waals surface area contributed by atoms with Crippen molar-refractivity contribution in [3.63, 3.8) is 0 Å². The Bertz CT molecular complexity index is 1430. The number of aromatic amines is 1. The number of nitrogens with zero attached hydrogens (tertiary/aromatic N) is 6. The number of ketones is 1. The summed E-state index contributed by atoms with van der Waals surface area (Å²) in [6.45, 7) is 2.62. The smallest absolute Gasteiger partial charge is 0.246 e. The number of H-pyrrole nitrogens is 1. The molecule has 5 heterocycles. The predicted molar refractivity (Wildman–Crippen MR) is 135 cm³/mol. The van der Waals surface area contributed by atoms with Crippen LogP contribution < -0.4 is 10.2 Å². The Morgan fingerprint density at radius 2 is 2.17 bits per heavy atom. The Hall–Kier alpha value is -3.17. The fraction of sp³-hybridized carbons (Fsp3) is 0.375. The predicted octanol–water partition coefficient (Wildman–Crippen LogP) is 4.95. The van der Waals surface area contributed by atoms with E-state index in [2.05, 4.69) is 20.5 Å². The summed E-state index contributed by atoms with van der Waals surface area (Å²) in [6, 6.07) is 7.59. The Morgan fingerprint density at radius 1 is 1.31 bits per heavy atom. The number of hydrogen-bond acceptors (Lipinski definition) is 7. The molecule has 0 unspecified atom stereocenters. The van der Waals surface area contributed by atoms with Gasteiger partial charge in [-0.15, -0.1) is 5.10 Å². The number of anilines is 3. The minimum absolute atomic E-state index is 0.0213. The molecule has 9 nitrogen and oxygen atoms in total. The molecule has 2 N–H and O–H groups in total. The van der Waals surface area contributed by atoms with Gasteiger partial charge >= 0.3 is 0 Å². The van der Waals surface area contributed by atoms with Gasteiger partial charge in [0.2, 0.25) is 5.95 Å². The molecule has 1 atom stereocenters. The van der Waals surface area contributed by atoms with E-state index in [1.165, 1.54) is 19.0 Å². The minimum Gasteiger partial charge on any atom is -0.327 e. The van der Waals surface area contributed by atoms with E-state index in [9.17, 15) is 4.79 Å². The first kappa shape index (κ1) is 22.3. The van der Waals surface area contributed by atoms with E-state index in [1.807, 2.05) is 36.2 Å². The van der Waals surface area contributed by atoms with Gasteiger partial charge in [-0.25, -0.2) is 9.50 Å². The van der Waals surface area contributed by atoms with Crippen molar-refractivity contribution < 1.29 is 4.79 Å². The highest BCUT2D eigenvalue weighted by molar-refractivity contribution is 6.32. The third kappa shape index (κ3) is 4.12. The Labute approximate surface area is 211 Å². The van der Waals surface area contributed by atoms with Gasteiger partial charge in [-0.2, -0.15) is 10.1 Å². The number of halogens is 2. The van der Waals surface area contributed by atoms with E-state index in [1.54, 1.807) is 10.6 Å². The highest BCUT2D eigenvalue weighted by atomic mass is 35.5. The van der Waals surface area contributed by atoms with Crippen molar-refractivity contribution in [1.82, 2.24) is 29.8 Å². The largest absolute Gasteiger partial charge is 0.327 e. The molecule has 0 bridgehead atoms. The van der Waals surface area contributed by atoms with Crippen molar-refractivity contribution in [2.24, 2.45) is 0 Å². The molecule has 2 aliphatic rings. The van der Waals surface area contributed by atoms with Crippen molar-refractivity contribution >= 4 is 52.1 Å². The van der Waals surface area contributed by atoms with E-state index >= 15 is 0 Å². The fourth-order valence-corrected chi connectivity index (χ4v) is 5.13. The van der Waals surface area contributed by atoms with Crippen molar-refractivity contribution in [2.75, 3.05) is 16.8 Å². The molecule has 11 heteroatoms. The van der Waals surface area contributed by atoms with E-state index in [4.69, 9.17) is 33.3 Å². The maximum atomic E-state index is 13.6. The molecule has 0 radical (unpaired) electrons. The zero-order valence-electron chi connectivity index (χ0n) is 19.1. The first-order valence-corrected chi connectivity index (χ1v) is 12.4. The van der Waals surface area contributed by atoms with Gasteiger partial charge in [-0.05, 0) is 56.4 Å². The monoisotopic (exact) mass is 510 g/mol. The van der Waals surface area contributed by atoms with Gasteiger partial charge in [0.1, 0.15) is 10.7 Å². The molecule has 4 aromatic rings. The molecule has 1 saturated carbocycles. The summed E-state index contributed by atoms with van der Waals surface area (Å²) >= 11 is 12.3. The lowest BCUT2D eigenvalue weighted by Gasteiger charge is -2.34. The molecule has 1 saturated heterocycles. The van der Waals surface area contributed by atoms with Gasteiger partial charge in [0.05, 0.1) is 10.6 Å². The van der Waals surface area contributed by atoms with Gasteiger partial charge < -0.3 is 10.2 Å². The molecule has 2 fully saturated rings. The zero-order chi connectivity index (χ0) is 24.2. The number of aromatic nitrogens is 6. The number of fused-ring (bicyclic) bond motifs is 1. The van der Waals surface area contributed by atoms with Gasteiger partial charge in [0.25, 0.3) is 0 Å². The molecular weight excluding hydrogens is 487 g/mol. The third-order valence-corrected chi connectivity index (χ3v) is 7.50. The van der Waals surface area contributed by atoms with E-state index in [0.29, 0.717) is 47.1 Å². The highest BCUT2D eigenvalue weighted by Crippen LogP contribution is 2.40. The van der Waals surface area contributed by atoms with Gasteiger partial charge in [-0.3, -0.25) is 9.89 Å². The molecule has 180 valence electrons. The van der Waals surface area contributed by atoms with Crippen molar-refractivity contribution in [3.05, 3.63) is 58.1 Å². The van der Waals surface area contributed by atoms with Crippen LogP contribution in [0.15, 0.2) is 36.7 Å².